The van der Waals surface area contributed by atoms with Gasteiger partial charge in [0, 0.05) is 27.7 Å². The Morgan fingerprint density at radius 2 is 1.80 bits per heavy atom. The molecule has 0 spiro atoms. The molecular weight excluding hydrogens is 403 g/mol. The Morgan fingerprint density at radius 3 is 2.53 bits per heavy atom. The van der Waals surface area contributed by atoms with Crippen LogP contribution in [-0.4, -0.2) is 16.0 Å². The summed E-state index contributed by atoms with van der Waals surface area (Å²) in [6.45, 7) is 0. The van der Waals surface area contributed by atoms with Crippen LogP contribution in [0.4, 0.5) is 10.3 Å². The van der Waals surface area contributed by atoms with Crippen LogP contribution in [0.5, 0.6) is 5.75 Å². The van der Waals surface area contributed by atoms with Crippen LogP contribution < -0.4 is 5.32 Å². The van der Waals surface area contributed by atoms with Gasteiger partial charge >= 0.3 is 0 Å². The fourth-order valence-electron chi connectivity index (χ4n) is 2.99. The third-order valence-electron chi connectivity index (χ3n) is 4.42. The summed E-state index contributed by atoms with van der Waals surface area (Å²) in [7, 11) is 0. The lowest BCUT2D eigenvalue weighted by Gasteiger charge is -2.06. The Balaban J connectivity index is 1.67. The van der Waals surface area contributed by atoms with E-state index in [1.807, 2.05) is 54.6 Å². The molecule has 2 N–H and O–H groups in total. The van der Waals surface area contributed by atoms with Crippen molar-refractivity contribution in [2.45, 2.75) is 11.3 Å². The zero-order valence-corrected chi connectivity index (χ0v) is 16.6. The molecule has 1 amide bonds. The highest BCUT2D eigenvalue weighted by molar-refractivity contribution is 7.80. The average molecular weight is 420 g/mol. The smallest absolute Gasteiger partial charge is 0.231 e. The quantitative estimate of drug-likeness (QED) is 0.382. The van der Waals surface area contributed by atoms with Gasteiger partial charge in [-0.2, -0.15) is 0 Å². The van der Waals surface area contributed by atoms with Gasteiger partial charge in [0.25, 0.3) is 0 Å². The van der Waals surface area contributed by atoms with E-state index in [1.165, 1.54) is 12.1 Å². The molecule has 0 aliphatic carbocycles. The molecule has 0 aliphatic heterocycles. The molecule has 0 bridgehead atoms. The van der Waals surface area contributed by atoms with Crippen molar-refractivity contribution in [1.82, 2.24) is 4.98 Å². The summed E-state index contributed by atoms with van der Waals surface area (Å²) < 4.78 is 19.0. The number of nitrogens with zero attached hydrogens (tertiary/aromatic N) is 1. The van der Waals surface area contributed by atoms with E-state index in [4.69, 9.17) is 4.42 Å². The number of aromatic hydroxyl groups is 1. The van der Waals surface area contributed by atoms with E-state index in [9.17, 15) is 14.3 Å². The zero-order valence-electron chi connectivity index (χ0n) is 15.7. The number of hydrogen-bond donors (Lipinski definition) is 3. The fourth-order valence-corrected chi connectivity index (χ4v) is 3.21. The molecule has 0 saturated carbocycles. The van der Waals surface area contributed by atoms with Crippen LogP contribution in [0.2, 0.25) is 0 Å². The number of nitrogens with one attached hydrogen (secondary N) is 1. The maximum absolute atomic E-state index is 13.2. The SMILES string of the molecule is O=C(Cc1ccc(F)cc1O)Nc1oc(-c2ccccc2)nc1-c1cccc(S)c1. The normalized spacial score (nSPS) is 10.7. The molecule has 7 heteroatoms. The Hall–Kier alpha value is -3.58. The lowest BCUT2D eigenvalue weighted by molar-refractivity contribution is -0.115. The summed E-state index contributed by atoms with van der Waals surface area (Å²) >= 11 is 4.37. The number of phenolic OH excluding ortho intramolecular Hbond substituents is 1. The number of halogens is 1. The standard InChI is InChI=1S/C23H17FN2O3S/c24-17-10-9-15(19(27)13-17)12-20(28)25-23-21(16-7-4-8-18(30)11-16)26-22(29-23)14-5-2-1-3-6-14/h1-11,13,27,30H,12H2,(H,25,28). The van der Waals surface area contributed by atoms with Crippen LogP contribution >= 0.6 is 12.6 Å². The number of anilines is 1. The van der Waals surface area contributed by atoms with Gasteiger partial charge in [-0.1, -0.05) is 36.4 Å². The van der Waals surface area contributed by atoms with Crippen molar-refractivity contribution in [3.8, 4) is 28.5 Å². The highest BCUT2D eigenvalue weighted by Gasteiger charge is 2.19. The Morgan fingerprint density at radius 1 is 1.03 bits per heavy atom. The molecule has 0 unspecified atom stereocenters. The predicted octanol–water partition coefficient (Wildman–Crippen LogP) is 5.32. The molecule has 0 saturated heterocycles. The molecule has 3 aromatic carbocycles. The molecule has 150 valence electrons. The number of oxazole rings is 1. The first kappa shape index (κ1) is 19.7. The first-order valence-corrected chi connectivity index (χ1v) is 9.57. The van der Waals surface area contributed by atoms with Crippen molar-refractivity contribution in [3.63, 3.8) is 0 Å². The molecule has 0 atom stereocenters. The Bertz CT molecular complexity index is 1210. The molecule has 4 rings (SSSR count). The molecule has 0 fully saturated rings. The van der Waals surface area contributed by atoms with Gasteiger partial charge in [-0.15, -0.1) is 12.6 Å². The van der Waals surface area contributed by atoms with Crippen LogP contribution in [-0.2, 0) is 11.2 Å². The molecule has 4 aromatic rings. The summed E-state index contributed by atoms with van der Waals surface area (Å²) in [6.07, 6.45) is -0.153. The minimum Gasteiger partial charge on any atom is -0.508 e. The van der Waals surface area contributed by atoms with Gasteiger partial charge in [0.1, 0.15) is 17.3 Å². The molecule has 1 heterocycles. The van der Waals surface area contributed by atoms with Crippen LogP contribution in [0.3, 0.4) is 0 Å². The van der Waals surface area contributed by atoms with Crippen molar-refractivity contribution in [3.05, 3.63) is 84.2 Å². The largest absolute Gasteiger partial charge is 0.508 e. The van der Waals surface area contributed by atoms with Gasteiger partial charge in [-0.3, -0.25) is 10.1 Å². The van der Waals surface area contributed by atoms with E-state index in [2.05, 4.69) is 22.9 Å². The summed E-state index contributed by atoms with van der Waals surface area (Å²) in [5, 5.41) is 12.6. The van der Waals surface area contributed by atoms with E-state index < -0.39 is 11.7 Å². The van der Waals surface area contributed by atoms with Crippen molar-refractivity contribution < 1.29 is 18.7 Å². The van der Waals surface area contributed by atoms with Crippen LogP contribution in [0.25, 0.3) is 22.7 Å². The molecule has 0 aliphatic rings. The molecule has 0 radical (unpaired) electrons. The minimum atomic E-state index is -0.576. The van der Waals surface area contributed by atoms with Gasteiger partial charge in [0.2, 0.25) is 17.7 Å². The van der Waals surface area contributed by atoms with Crippen molar-refractivity contribution in [1.29, 1.82) is 0 Å². The Labute approximate surface area is 177 Å². The van der Waals surface area contributed by atoms with Crippen molar-refractivity contribution in [2.24, 2.45) is 0 Å². The van der Waals surface area contributed by atoms with E-state index >= 15 is 0 Å². The van der Waals surface area contributed by atoms with Gasteiger partial charge in [-0.25, -0.2) is 9.37 Å². The second-order valence-corrected chi connectivity index (χ2v) is 7.13. The number of phenols is 1. The number of hydrogen-bond acceptors (Lipinski definition) is 5. The van der Waals surface area contributed by atoms with Gasteiger partial charge < -0.3 is 9.52 Å². The lowest BCUT2D eigenvalue weighted by Crippen LogP contribution is -2.14. The number of amides is 1. The molecule has 30 heavy (non-hydrogen) atoms. The first-order valence-electron chi connectivity index (χ1n) is 9.12. The van der Waals surface area contributed by atoms with E-state index in [-0.39, 0.29) is 18.1 Å². The highest BCUT2D eigenvalue weighted by Crippen LogP contribution is 2.34. The van der Waals surface area contributed by atoms with E-state index in [1.54, 1.807) is 0 Å². The predicted molar refractivity (Wildman–Crippen MR) is 115 cm³/mol. The average Bonchev–Trinajstić information content (AvgIpc) is 3.14. The second kappa shape index (κ2) is 8.42. The number of benzene rings is 3. The number of carbonyl (C=O) groups excluding carboxylic acids is 1. The topological polar surface area (TPSA) is 75.4 Å². The second-order valence-electron chi connectivity index (χ2n) is 6.61. The number of rotatable bonds is 5. The molecule has 1 aromatic heterocycles. The van der Waals surface area contributed by atoms with Crippen molar-refractivity contribution >= 4 is 24.4 Å². The summed E-state index contributed by atoms with van der Waals surface area (Å²) in [4.78, 5) is 17.9. The summed E-state index contributed by atoms with van der Waals surface area (Å²) in [6, 6.07) is 20.2. The third-order valence-corrected chi connectivity index (χ3v) is 4.70. The fraction of sp³-hybridized carbons (Fsp3) is 0.0435. The van der Waals surface area contributed by atoms with E-state index in [0.29, 0.717) is 17.1 Å². The summed E-state index contributed by atoms with van der Waals surface area (Å²) in [5.41, 5.74) is 2.25. The van der Waals surface area contributed by atoms with E-state index in [0.717, 1.165) is 22.1 Å². The third kappa shape index (κ3) is 4.36. The monoisotopic (exact) mass is 420 g/mol. The number of thiol groups is 1. The van der Waals surface area contributed by atoms with Crippen LogP contribution in [0, 0.1) is 5.82 Å². The zero-order chi connectivity index (χ0) is 21.1. The number of aromatic nitrogens is 1. The van der Waals surface area contributed by atoms with Gasteiger partial charge in [0.05, 0.1) is 6.42 Å². The van der Waals surface area contributed by atoms with Gasteiger partial charge in [-0.05, 0) is 30.3 Å². The maximum Gasteiger partial charge on any atom is 0.231 e. The van der Waals surface area contributed by atoms with Crippen LogP contribution in [0.15, 0.2) is 82.1 Å². The minimum absolute atomic E-state index is 0.153. The molecular formula is C23H17FN2O3S. The molecule has 5 nitrogen and oxygen atoms in total. The number of carbonyl (C=O) groups is 1. The van der Waals surface area contributed by atoms with Gasteiger partial charge in [0.15, 0.2) is 0 Å². The lowest BCUT2D eigenvalue weighted by atomic mass is 10.1. The van der Waals surface area contributed by atoms with Crippen LogP contribution in [0.1, 0.15) is 5.56 Å². The first-order chi connectivity index (χ1) is 14.5. The maximum atomic E-state index is 13.2. The Kier molecular flexibility index (Phi) is 5.54. The van der Waals surface area contributed by atoms with Crippen molar-refractivity contribution in [2.75, 3.05) is 5.32 Å². The highest BCUT2D eigenvalue weighted by atomic mass is 32.1. The summed E-state index contributed by atoms with van der Waals surface area (Å²) in [5.74, 6) is -0.755.